The molecule has 1 aliphatic rings. The highest BCUT2D eigenvalue weighted by Crippen LogP contribution is 2.20. The van der Waals surface area contributed by atoms with Crippen LogP contribution in [0, 0.1) is 0 Å². The fraction of sp³-hybridized carbons (Fsp3) is 0.323. The number of methoxy groups -OCH3 is 1. The summed E-state index contributed by atoms with van der Waals surface area (Å²) in [7, 11) is 1.55. The van der Waals surface area contributed by atoms with Crippen molar-refractivity contribution in [3.05, 3.63) is 89.5 Å². The van der Waals surface area contributed by atoms with Crippen LogP contribution in [-0.2, 0) is 11.2 Å². The molecule has 1 atom stereocenters. The Kier molecular flexibility index (Phi) is 9.56. The third-order valence-corrected chi connectivity index (χ3v) is 6.97. The molecule has 204 valence electrons. The van der Waals surface area contributed by atoms with Gasteiger partial charge in [0.2, 0.25) is 5.91 Å². The molecular formula is C31H35N3O5. The summed E-state index contributed by atoms with van der Waals surface area (Å²) in [6, 6.07) is 19.2. The van der Waals surface area contributed by atoms with E-state index >= 15 is 0 Å². The Morgan fingerprint density at radius 3 is 2.21 bits per heavy atom. The van der Waals surface area contributed by atoms with Gasteiger partial charge in [-0.05, 0) is 66.9 Å². The fourth-order valence-electron chi connectivity index (χ4n) is 4.77. The molecule has 3 aromatic rings. The first-order chi connectivity index (χ1) is 18.9. The first-order valence-electron chi connectivity index (χ1n) is 13.4. The van der Waals surface area contributed by atoms with Crippen LogP contribution in [0.4, 0.5) is 5.69 Å². The molecule has 0 aliphatic heterocycles. The lowest BCUT2D eigenvalue weighted by Gasteiger charge is -2.23. The summed E-state index contributed by atoms with van der Waals surface area (Å²) < 4.78 is 5.15. The molecule has 0 unspecified atom stereocenters. The van der Waals surface area contributed by atoms with Crippen molar-refractivity contribution in [2.75, 3.05) is 12.4 Å². The van der Waals surface area contributed by atoms with E-state index in [0.717, 1.165) is 31.2 Å². The molecule has 0 aromatic heterocycles. The van der Waals surface area contributed by atoms with Crippen molar-refractivity contribution in [3.8, 4) is 11.5 Å². The first-order valence-corrected chi connectivity index (χ1v) is 13.4. The van der Waals surface area contributed by atoms with Crippen LogP contribution >= 0.6 is 0 Å². The van der Waals surface area contributed by atoms with Crippen LogP contribution in [-0.4, -0.2) is 42.0 Å². The van der Waals surface area contributed by atoms with Crippen molar-refractivity contribution in [1.29, 1.82) is 0 Å². The van der Waals surface area contributed by atoms with Crippen LogP contribution in [0.2, 0.25) is 0 Å². The summed E-state index contributed by atoms with van der Waals surface area (Å²) >= 11 is 0. The number of aromatic hydroxyl groups is 1. The van der Waals surface area contributed by atoms with Gasteiger partial charge in [0.25, 0.3) is 11.8 Å². The molecule has 3 aromatic carbocycles. The quantitative estimate of drug-likeness (QED) is 0.296. The Labute approximate surface area is 228 Å². The molecule has 4 rings (SSSR count). The van der Waals surface area contributed by atoms with Gasteiger partial charge in [0.05, 0.1) is 18.4 Å². The van der Waals surface area contributed by atoms with Crippen LogP contribution in [0.3, 0.4) is 0 Å². The monoisotopic (exact) mass is 529 g/mol. The van der Waals surface area contributed by atoms with Gasteiger partial charge in [-0.3, -0.25) is 14.4 Å². The van der Waals surface area contributed by atoms with Gasteiger partial charge in [0, 0.05) is 18.0 Å². The van der Waals surface area contributed by atoms with Crippen molar-refractivity contribution >= 4 is 23.4 Å². The van der Waals surface area contributed by atoms with Crippen LogP contribution < -0.4 is 20.7 Å². The zero-order valence-corrected chi connectivity index (χ0v) is 22.1. The number of rotatable bonds is 9. The predicted molar refractivity (Wildman–Crippen MR) is 150 cm³/mol. The molecule has 0 heterocycles. The number of anilines is 1. The maximum atomic E-state index is 13.5. The predicted octanol–water partition coefficient (Wildman–Crippen LogP) is 4.83. The van der Waals surface area contributed by atoms with Crippen molar-refractivity contribution in [2.24, 2.45) is 0 Å². The van der Waals surface area contributed by atoms with Gasteiger partial charge < -0.3 is 25.8 Å². The summed E-state index contributed by atoms with van der Waals surface area (Å²) in [6.07, 6.45) is 6.57. The molecule has 0 radical (unpaired) electrons. The van der Waals surface area contributed by atoms with Crippen molar-refractivity contribution in [3.63, 3.8) is 0 Å². The molecule has 1 saturated carbocycles. The van der Waals surface area contributed by atoms with Crippen molar-refractivity contribution in [2.45, 2.75) is 57.0 Å². The topological polar surface area (TPSA) is 117 Å². The molecule has 8 heteroatoms. The van der Waals surface area contributed by atoms with Gasteiger partial charge in [-0.1, -0.05) is 49.9 Å². The van der Waals surface area contributed by atoms with Gasteiger partial charge in [-0.2, -0.15) is 0 Å². The average Bonchev–Trinajstić information content (AvgIpc) is 3.22. The maximum absolute atomic E-state index is 13.5. The minimum absolute atomic E-state index is 0.0790. The molecular weight excluding hydrogens is 494 g/mol. The van der Waals surface area contributed by atoms with Crippen LogP contribution in [0.25, 0.3) is 0 Å². The van der Waals surface area contributed by atoms with E-state index in [0.29, 0.717) is 17.0 Å². The molecule has 39 heavy (non-hydrogen) atoms. The summed E-state index contributed by atoms with van der Waals surface area (Å²) in [5.74, 6) is -0.329. The number of phenols is 1. The van der Waals surface area contributed by atoms with E-state index in [1.165, 1.54) is 12.8 Å². The second-order valence-electron chi connectivity index (χ2n) is 9.82. The molecule has 0 spiro atoms. The summed E-state index contributed by atoms with van der Waals surface area (Å²) in [5, 5.41) is 18.5. The number of phenolic OH excluding ortho intramolecular Hbond substituents is 1. The minimum Gasteiger partial charge on any atom is -0.508 e. The highest BCUT2D eigenvalue weighted by molar-refractivity contribution is 6.09. The normalized spacial score (nSPS) is 14.5. The van der Waals surface area contributed by atoms with Crippen LogP contribution in [0.1, 0.15) is 64.8 Å². The van der Waals surface area contributed by atoms with Crippen LogP contribution in [0.5, 0.6) is 11.5 Å². The van der Waals surface area contributed by atoms with Gasteiger partial charge in [0.1, 0.15) is 17.5 Å². The lowest BCUT2D eigenvalue weighted by Crippen LogP contribution is -2.50. The van der Waals surface area contributed by atoms with E-state index in [1.807, 2.05) is 0 Å². The number of ether oxygens (including phenoxy) is 1. The molecule has 0 bridgehead atoms. The number of hydrogen-bond donors (Lipinski definition) is 4. The standard InChI is InChI=1S/C31H35N3O5/c1-39-25-18-14-22(15-19-25)29(36)33-27-11-7-6-10-26(27)30(37)34-28(20-21-12-16-24(35)17-13-21)31(38)32-23-8-4-2-3-5-9-23/h6-7,10-19,23,28,35H,2-5,8-9,20H2,1H3,(H,32,38)(H,33,36)(H,34,37)/t28-/m0/s1. The number of benzene rings is 3. The van der Waals surface area contributed by atoms with Crippen molar-refractivity contribution < 1.29 is 24.2 Å². The molecule has 4 N–H and O–H groups in total. The zero-order valence-electron chi connectivity index (χ0n) is 22.1. The highest BCUT2D eigenvalue weighted by atomic mass is 16.5. The number of hydrogen-bond acceptors (Lipinski definition) is 5. The fourth-order valence-corrected chi connectivity index (χ4v) is 4.77. The van der Waals surface area contributed by atoms with E-state index in [2.05, 4.69) is 16.0 Å². The summed E-state index contributed by atoms with van der Waals surface area (Å²) in [5.41, 5.74) is 1.80. The number of amides is 3. The van der Waals surface area contributed by atoms with Crippen molar-refractivity contribution in [1.82, 2.24) is 10.6 Å². The largest absolute Gasteiger partial charge is 0.508 e. The van der Waals surface area contributed by atoms with Gasteiger partial charge in [-0.15, -0.1) is 0 Å². The zero-order chi connectivity index (χ0) is 27.6. The van der Waals surface area contributed by atoms with Gasteiger partial charge in [-0.25, -0.2) is 0 Å². The average molecular weight is 530 g/mol. The van der Waals surface area contributed by atoms with E-state index in [1.54, 1.807) is 79.9 Å². The molecule has 1 aliphatic carbocycles. The second kappa shape index (κ2) is 13.5. The third kappa shape index (κ3) is 7.83. The van der Waals surface area contributed by atoms with E-state index in [4.69, 9.17) is 4.74 Å². The second-order valence-corrected chi connectivity index (χ2v) is 9.82. The SMILES string of the molecule is COc1ccc(C(=O)Nc2ccccc2C(=O)N[C@@H](Cc2ccc(O)cc2)C(=O)NC2CCCCCC2)cc1. The molecule has 0 saturated heterocycles. The molecule has 1 fully saturated rings. The van der Waals surface area contributed by atoms with Gasteiger partial charge in [0.15, 0.2) is 0 Å². The van der Waals surface area contributed by atoms with Gasteiger partial charge >= 0.3 is 0 Å². The van der Waals surface area contributed by atoms with E-state index in [9.17, 15) is 19.5 Å². The van der Waals surface area contributed by atoms with Crippen LogP contribution in [0.15, 0.2) is 72.8 Å². The van der Waals surface area contributed by atoms with E-state index < -0.39 is 11.9 Å². The number of nitrogens with one attached hydrogen (secondary N) is 3. The Bertz CT molecular complexity index is 1270. The number of carbonyl (C=O) groups excluding carboxylic acids is 3. The Balaban J connectivity index is 1.51. The lowest BCUT2D eigenvalue weighted by molar-refractivity contribution is -0.123. The maximum Gasteiger partial charge on any atom is 0.255 e. The third-order valence-electron chi connectivity index (χ3n) is 6.97. The molecule has 8 nitrogen and oxygen atoms in total. The lowest BCUT2D eigenvalue weighted by atomic mass is 10.0. The Morgan fingerprint density at radius 1 is 0.872 bits per heavy atom. The smallest absolute Gasteiger partial charge is 0.255 e. The summed E-state index contributed by atoms with van der Waals surface area (Å²) in [6.45, 7) is 0. The molecule has 3 amide bonds. The van der Waals surface area contributed by atoms with E-state index in [-0.39, 0.29) is 35.6 Å². The first kappa shape index (κ1) is 27.7. The minimum atomic E-state index is -0.837. The number of carbonyl (C=O) groups is 3. The number of para-hydroxylation sites is 1. The summed E-state index contributed by atoms with van der Waals surface area (Å²) in [4.78, 5) is 39.7. The Hall–Kier alpha value is -4.33. The Morgan fingerprint density at radius 2 is 1.54 bits per heavy atom. The highest BCUT2D eigenvalue weighted by Gasteiger charge is 2.26.